The number of hydrogen-bond acceptors (Lipinski definition) is 0. The maximum absolute atomic E-state index is 2.40. The monoisotopic (exact) mass is 374 g/mol. The first-order valence-corrected chi connectivity index (χ1v) is 10.1. The third kappa shape index (κ3) is 2.74. The summed E-state index contributed by atoms with van der Waals surface area (Å²) in [5.74, 6) is 0. The average Bonchev–Trinajstić information content (AvgIpc) is 2.74. The highest BCUT2D eigenvalue weighted by molar-refractivity contribution is 6.09. The van der Waals surface area contributed by atoms with Crippen molar-refractivity contribution in [3.8, 4) is 16.8 Å². The van der Waals surface area contributed by atoms with Crippen molar-refractivity contribution in [1.82, 2.24) is 0 Å². The lowest BCUT2D eigenvalue weighted by molar-refractivity contribution is -0.537. The quantitative estimate of drug-likeness (QED) is 0.235. The number of aromatic nitrogens is 1. The lowest BCUT2D eigenvalue weighted by Crippen LogP contribution is -2.33. The summed E-state index contributed by atoms with van der Waals surface area (Å²) in [6, 6.07) is 32.7. The Kier molecular flexibility index (Phi) is 4.17. The zero-order valence-corrected chi connectivity index (χ0v) is 17.1. The van der Waals surface area contributed by atoms with Gasteiger partial charge in [0.05, 0.1) is 10.8 Å². The summed E-state index contributed by atoms with van der Waals surface area (Å²) in [7, 11) is 0. The number of nitrogens with zero attached hydrogens (tertiary/aromatic N) is 1. The van der Waals surface area contributed by atoms with Crippen LogP contribution in [0.25, 0.3) is 38.6 Å². The summed E-state index contributed by atoms with van der Waals surface area (Å²) in [4.78, 5) is 0. The lowest BCUT2D eigenvalue weighted by Gasteiger charge is -2.17. The number of hydrogen-bond donors (Lipinski definition) is 0. The molecule has 1 heteroatoms. The van der Waals surface area contributed by atoms with Crippen LogP contribution in [0.3, 0.4) is 0 Å². The average molecular weight is 375 g/mol. The van der Waals surface area contributed by atoms with Crippen LogP contribution in [-0.2, 0) is 0 Å². The number of pyridine rings is 1. The van der Waals surface area contributed by atoms with Crippen molar-refractivity contribution in [3.05, 3.63) is 108 Å². The molecular formula is C28H24N+. The molecule has 0 saturated heterocycles. The van der Waals surface area contributed by atoms with E-state index in [1.54, 1.807) is 0 Å². The van der Waals surface area contributed by atoms with Crippen molar-refractivity contribution in [2.24, 2.45) is 0 Å². The van der Waals surface area contributed by atoms with Crippen LogP contribution in [0.4, 0.5) is 0 Å². The summed E-state index contributed by atoms with van der Waals surface area (Å²) in [6.07, 6.45) is 0. The minimum atomic E-state index is 1.19. The first kappa shape index (κ1) is 17.6. The van der Waals surface area contributed by atoms with Crippen molar-refractivity contribution in [1.29, 1.82) is 0 Å². The number of benzene rings is 4. The van der Waals surface area contributed by atoms with Gasteiger partial charge in [-0.2, -0.15) is 4.57 Å². The van der Waals surface area contributed by atoms with E-state index in [-0.39, 0.29) is 0 Å². The molecule has 1 aromatic heterocycles. The second kappa shape index (κ2) is 6.86. The summed E-state index contributed by atoms with van der Waals surface area (Å²) < 4.78 is 2.40. The molecule has 0 fully saturated rings. The largest absolute Gasteiger partial charge is 0.219 e. The number of rotatable bonds is 2. The van der Waals surface area contributed by atoms with Crippen LogP contribution >= 0.6 is 0 Å². The summed E-state index contributed by atoms with van der Waals surface area (Å²) in [5, 5.41) is 2.61. The molecule has 0 bridgehead atoms. The molecule has 0 amide bonds. The van der Waals surface area contributed by atoms with Crippen LogP contribution in [0, 0.1) is 20.8 Å². The number of fused-ring (bicyclic) bond motifs is 2. The van der Waals surface area contributed by atoms with E-state index in [4.69, 9.17) is 0 Å². The molecule has 0 aliphatic carbocycles. The Morgan fingerprint density at radius 3 is 1.83 bits per heavy atom. The summed E-state index contributed by atoms with van der Waals surface area (Å²) in [6.45, 7) is 6.67. The van der Waals surface area contributed by atoms with Gasteiger partial charge < -0.3 is 0 Å². The van der Waals surface area contributed by atoms with E-state index in [0.29, 0.717) is 0 Å². The maximum atomic E-state index is 2.40. The van der Waals surface area contributed by atoms with Crippen LogP contribution in [0.5, 0.6) is 0 Å². The molecule has 0 radical (unpaired) electrons. The van der Waals surface area contributed by atoms with Gasteiger partial charge in [0.2, 0.25) is 16.7 Å². The first-order valence-electron chi connectivity index (χ1n) is 10.1. The minimum absolute atomic E-state index is 1.19. The fourth-order valence-electron chi connectivity index (χ4n) is 4.63. The zero-order chi connectivity index (χ0) is 20.0. The Hall–Kier alpha value is -3.45. The molecule has 0 atom stereocenters. The highest BCUT2D eigenvalue weighted by atomic mass is 15.0. The van der Waals surface area contributed by atoms with E-state index in [9.17, 15) is 0 Å². The summed E-state index contributed by atoms with van der Waals surface area (Å²) in [5.41, 5.74) is 10.3. The van der Waals surface area contributed by atoms with Gasteiger partial charge in [0, 0.05) is 29.8 Å². The molecule has 0 saturated carbocycles. The zero-order valence-electron chi connectivity index (χ0n) is 17.1. The Morgan fingerprint density at radius 1 is 0.483 bits per heavy atom. The van der Waals surface area contributed by atoms with Crippen LogP contribution in [0.1, 0.15) is 16.7 Å². The smallest absolute Gasteiger partial charge is 0.153 e. The standard InChI is InChI=1S/C28H24N/c1-19-11-9-12-20(2)26(19)28-23-16-7-8-17-24(23)29(22-14-5-4-6-15-22)25-18-10-13-21(3)27(25)28/h4-18H,1-3H3/q+1. The highest BCUT2D eigenvalue weighted by Gasteiger charge is 2.25. The third-order valence-corrected chi connectivity index (χ3v) is 5.90. The molecular weight excluding hydrogens is 350 g/mol. The fourth-order valence-corrected chi connectivity index (χ4v) is 4.63. The fraction of sp³-hybridized carbons (Fsp3) is 0.107. The van der Waals surface area contributed by atoms with Crippen molar-refractivity contribution >= 4 is 21.8 Å². The molecule has 0 N–H and O–H groups in total. The molecule has 1 heterocycles. The highest BCUT2D eigenvalue weighted by Crippen LogP contribution is 2.39. The minimum Gasteiger partial charge on any atom is -0.153 e. The number of aryl methyl sites for hydroxylation is 3. The molecule has 5 aromatic rings. The molecule has 29 heavy (non-hydrogen) atoms. The predicted octanol–water partition coefficient (Wildman–Crippen LogP) is 6.86. The second-order valence-electron chi connectivity index (χ2n) is 7.80. The van der Waals surface area contributed by atoms with E-state index < -0.39 is 0 Å². The van der Waals surface area contributed by atoms with Gasteiger partial charge in [-0.05, 0) is 49.1 Å². The SMILES string of the molecule is Cc1cccc(C)c1-c1c2ccccc2[n+](-c2ccccc2)c2cccc(C)c12. The maximum Gasteiger partial charge on any atom is 0.219 e. The first-order chi connectivity index (χ1) is 14.2. The van der Waals surface area contributed by atoms with Crippen LogP contribution in [-0.4, -0.2) is 0 Å². The van der Waals surface area contributed by atoms with Crippen LogP contribution in [0.2, 0.25) is 0 Å². The molecule has 0 unspecified atom stereocenters. The van der Waals surface area contributed by atoms with Gasteiger partial charge in [0.15, 0.2) is 0 Å². The van der Waals surface area contributed by atoms with Crippen LogP contribution in [0.15, 0.2) is 91.0 Å². The molecule has 1 nitrogen and oxygen atoms in total. The molecule has 4 aromatic carbocycles. The van der Waals surface area contributed by atoms with Crippen molar-refractivity contribution in [2.75, 3.05) is 0 Å². The van der Waals surface area contributed by atoms with Gasteiger partial charge in [-0.15, -0.1) is 0 Å². The topological polar surface area (TPSA) is 3.88 Å². The Labute approximate surface area is 171 Å². The molecule has 0 aliphatic heterocycles. The van der Waals surface area contributed by atoms with Gasteiger partial charge in [-0.3, -0.25) is 0 Å². The van der Waals surface area contributed by atoms with E-state index in [0.717, 1.165) is 0 Å². The van der Waals surface area contributed by atoms with E-state index in [1.807, 2.05) is 0 Å². The Bertz CT molecular complexity index is 1340. The Balaban J connectivity index is 2.08. The normalized spacial score (nSPS) is 11.3. The lowest BCUT2D eigenvalue weighted by atomic mass is 9.88. The van der Waals surface area contributed by atoms with E-state index >= 15 is 0 Å². The van der Waals surface area contributed by atoms with Gasteiger partial charge in [0.25, 0.3) is 0 Å². The van der Waals surface area contributed by atoms with Gasteiger partial charge in [0.1, 0.15) is 0 Å². The molecule has 5 rings (SSSR count). The van der Waals surface area contributed by atoms with Gasteiger partial charge in [-0.1, -0.05) is 60.7 Å². The number of para-hydroxylation sites is 2. The third-order valence-electron chi connectivity index (χ3n) is 5.90. The molecule has 140 valence electrons. The molecule has 0 aliphatic rings. The van der Waals surface area contributed by atoms with Crippen molar-refractivity contribution in [3.63, 3.8) is 0 Å². The van der Waals surface area contributed by atoms with Gasteiger partial charge in [-0.25, -0.2) is 0 Å². The second-order valence-corrected chi connectivity index (χ2v) is 7.80. The summed E-state index contributed by atoms with van der Waals surface area (Å²) >= 11 is 0. The molecule has 0 spiro atoms. The van der Waals surface area contributed by atoms with Crippen molar-refractivity contribution < 1.29 is 4.57 Å². The predicted molar refractivity (Wildman–Crippen MR) is 123 cm³/mol. The van der Waals surface area contributed by atoms with Gasteiger partial charge >= 0.3 is 0 Å². The van der Waals surface area contributed by atoms with E-state index in [1.165, 1.54) is 55.3 Å². The van der Waals surface area contributed by atoms with E-state index in [2.05, 4.69) is 116 Å². The van der Waals surface area contributed by atoms with Crippen molar-refractivity contribution in [2.45, 2.75) is 20.8 Å². The van der Waals surface area contributed by atoms with Crippen LogP contribution < -0.4 is 4.57 Å². The Morgan fingerprint density at radius 2 is 1.07 bits per heavy atom.